The lowest BCUT2D eigenvalue weighted by molar-refractivity contribution is 1.61. The zero-order chi connectivity index (χ0) is 5.21. The first-order valence-corrected chi connectivity index (χ1v) is 5.95. The molecule has 0 aliphatic heterocycles. The van der Waals surface area contributed by atoms with Gasteiger partial charge in [-0.25, -0.2) is 0 Å². The first-order chi connectivity index (χ1) is 2.56. The van der Waals surface area contributed by atoms with Crippen molar-refractivity contribution in [3.05, 3.63) is 0 Å². The van der Waals surface area contributed by atoms with Crippen LogP contribution < -0.4 is 0 Å². The molecule has 0 aromatic rings. The second-order valence-corrected chi connectivity index (χ2v) is 7.67. The summed E-state index contributed by atoms with van der Waals surface area (Å²) in [6.07, 6.45) is 0. The molecule has 0 aromatic heterocycles. The maximum atomic E-state index is 4.08. The van der Waals surface area contributed by atoms with Gasteiger partial charge in [-0.3, -0.25) is 0 Å². The summed E-state index contributed by atoms with van der Waals surface area (Å²) < 4.78 is 4.08. The molecule has 1 unspecified atom stereocenters. The van der Waals surface area contributed by atoms with Gasteiger partial charge in [0, 0.05) is 0 Å². The Kier molecular flexibility index (Phi) is 1.95. The Morgan fingerprint density at radius 1 is 1.33 bits per heavy atom. The van der Waals surface area contributed by atoms with Gasteiger partial charge in [0.05, 0.1) is 0 Å². The molecule has 0 spiro atoms. The predicted octanol–water partition coefficient (Wildman–Crippen LogP) is 1.88. The normalized spacial score (nSPS) is 11.2. The van der Waals surface area contributed by atoms with E-state index in [-0.39, 0.29) is 0 Å². The van der Waals surface area contributed by atoms with E-state index < -0.39 is 8.24 Å². The van der Waals surface area contributed by atoms with Crippen LogP contribution in [-0.4, -0.2) is 8.24 Å². The van der Waals surface area contributed by atoms with Gasteiger partial charge in [-0.2, -0.15) is 4.41 Å². The SMILES string of the molecule is C[Si](C)(C)N=[PH2+]. The van der Waals surface area contributed by atoms with Crippen molar-refractivity contribution in [1.82, 2.24) is 0 Å². The van der Waals surface area contributed by atoms with E-state index in [0.717, 1.165) is 0 Å². The van der Waals surface area contributed by atoms with Crippen LogP contribution in [-0.2, 0) is 0 Å². The third-order valence-corrected chi connectivity index (χ3v) is 3.49. The van der Waals surface area contributed by atoms with E-state index in [2.05, 4.69) is 33.1 Å². The molecule has 36 valence electrons. The molecule has 0 aromatic carbocycles. The van der Waals surface area contributed by atoms with Gasteiger partial charge >= 0.3 is 0 Å². The van der Waals surface area contributed by atoms with E-state index >= 15 is 0 Å². The van der Waals surface area contributed by atoms with Crippen molar-refractivity contribution in [2.45, 2.75) is 19.6 Å². The maximum absolute atomic E-state index is 4.08. The topological polar surface area (TPSA) is 12.4 Å². The summed E-state index contributed by atoms with van der Waals surface area (Å²) in [4.78, 5) is 0. The van der Waals surface area contributed by atoms with E-state index in [0.29, 0.717) is 0 Å². The van der Waals surface area contributed by atoms with Gasteiger partial charge in [-0.15, -0.1) is 0 Å². The van der Waals surface area contributed by atoms with Crippen LogP contribution in [0.15, 0.2) is 4.41 Å². The number of rotatable bonds is 1. The Balaban J connectivity index is 3.45. The molecular formula is C3H11NPSi+. The Bertz CT molecular complexity index is 56.3. The van der Waals surface area contributed by atoms with E-state index in [9.17, 15) is 0 Å². The molecule has 0 saturated heterocycles. The lowest BCUT2D eigenvalue weighted by Crippen LogP contribution is -2.13. The molecule has 3 heteroatoms. The Labute approximate surface area is 42.2 Å². The van der Waals surface area contributed by atoms with Crippen molar-refractivity contribution < 1.29 is 0 Å². The van der Waals surface area contributed by atoms with Crippen LogP contribution in [0.25, 0.3) is 0 Å². The van der Waals surface area contributed by atoms with Crippen molar-refractivity contribution in [1.29, 1.82) is 0 Å². The van der Waals surface area contributed by atoms with Gasteiger partial charge in [0.25, 0.3) is 0 Å². The van der Waals surface area contributed by atoms with Gasteiger partial charge in [0.2, 0.25) is 8.24 Å². The van der Waals surface area contributed by atoms with Gasteiger partial charge in [0.15, 0.2) is 9.03 Å². The summed E-state index contributed by atoms with van der Waals surface area (Å²) in [5.74, 6) is 0. The molecule has 0 heterocycles. The minimum Gasteiger partial charge on any atom is -0.164 e. The number of nitrogens with zero attached hydrogens (tertiary/aromatic N) is 1. The molecule has 0 aliphatic carbocycles. The fourth-order valence-electron chi connectivity index (χ4n) is 0. The largest absolute Gasteiger partial charge is 0.229 e. The summed E-state index contributed by atoms with van der Waals surface area (Å²) in [5.41, 5.74) is 0. The number of hydrogen-bond donors (Lipinski definition) is 0. The van der Waals surface area contributed by atoms with Gasteiger partial charge < -0.3 is 0 Å². The monoisotopic (exact) mass is 120 g/mol. The Hall–Kier alpha value is 0.317. The summed E-state index contributed by atoms with van der Waals surface area (Å²) in [6, 6.07) is 0. The molecule has 0 radical (unpaired) electrons. The maximum Gasteiger partial charge on any atom is 0.229 e. The highest BCUT2D eigenvalue weighted by atomic mass is 31.0. The van der Waals surface area contributed by atoms with Crippen LogP contribution in [0.3, 0.4) is 0 Å². The van der Waals surface area contributed by atoms with Crippen LogP contribution in [0.5, 0.6) is 0 Å². The Morgan fingerprint density at radius 2 is 1.50 bits per heavy atom. The van der Waals surface area contributed by atoms with Crippen LogP contribution >= 0.6 is 9.03 Å². The molecule has 0 amide bonds. The molecular weight excluding hydrogens is 109 g/mol. The lowest BCUT2D eigenvalue weighted by atomic mass is 11.8. The molecule has 6 heavy (non-hydrogen) atoms. The highest BCUT2D eigenvalue weighted by Crippen LogP contribution is 2.01. The highest BCUT2D eigenvalue weighted by Gasteiger charge is 2.11. The average molecular weight is 120 g/mol. The van der Waals surface area contributed by atoms with Crippen molar-refractivity contribution in [3.63, 3.8) is 0 Å². The van der Waals surface area contributed by atoms with Crippen molar-refractivity contribution in [3.8, 4) is 0 Å². The first kappa shape index (κ1) is 6.32. The molecule has 1 atom stereocenters. The quantitative estimate of drug-likeness (QED) is 0.370. The highest BCUT2D eigenvalue weighted by molar-refractivity contribution is 7.08. The predicted molar refractivity (Wildman–Crippen MR) is 35.5 cm³/mol. The minimum absolute atomic E-state index is 1.04. The first-order valence-electron chi connectivity index (χ1n) is 1.98. The van der Waals surface area contributed by atoms with Crippen LogP contribution in [0.4, 0.5) is 0 Å². The third-order valence-electron chi connectivity index (χ3n) is 0.387. The summed E-state index contributed by atoms with van der Waals surface area (Å²) in [7, 11) is 1.37. The van der Waals surface area contributed by atoms with E-state index in [1.807, 2.05) is 0 Å². The zero-order valence-electron chi connectivity index (χ0n) is 4.52. The van der Waals surface area contributed by atoms with Gasteiger partial charge in [-0.05, 0) is 19.6 Å². The van der Waals surface area contributed by atoms with Crippen molar-refractivity contribution in [2.75, 3.05) is 0 Å². The van der Waals surface area contributed by atoms with Crippen LogP contribution in [0.1, 0.15) is 0 Å². The Morgan fingerprint density at radius 3 is 1.50 bits per heavy atom. The zero-order valence-corrected chi connectivity index (χ0v) is 6.68. The second kappa shape index (κ2) is 1.85. The van der Waals surface area contributed by atoms with Crippen LogP contribution in [0.2, 0.25) is 19.6 Å². The average Bonchev–Trinajstić information content (AvgIpc) is 1.35. The smallest absolute Gasteiger partial charge is 0.164 e. The molecule has 0 saturated carbocycles. The van der Waals surface area contributed by atoms with Crippen LogP contribution in [0, 0.1) is 0 Å². The van der Waals surface area contributed by atoms with Crippen molar-refractivity contribution >= 4 is 17.3 Å². The molecule has 0 bridgehead atoms. The molecule has 0 fully saturated rings. The molecule has 0 aliphatic rings. The lowest BCUT2D eigenvalue weighted by Gasteiger charge is -1.97. The van der Waals surface area contributed by atoms with Gasteiger partial charge in [0.1, 0.15) is 0 Å². The second-order valence-electron chi connectivity index (χ2n) is 2.30. The summed E-state index contributed by atoms with van der Waals surface area (Å²) >= 11 is 0. The third kappa shape index (κ3) is 4.32. The summed E-state index contributed by atoms with van der Waals surface area (Å²) in [5, 5.41) is 0. The van der Waals surface area contributed by atoms with E-state index in [1.165, 1.54) is 0 Å². The van der Waals surface area contributed by atoms with E-state index in [1.54, 1.807) is 0 Å². The van der Waals surface area contributed by atoms with E-state index in [4.69, 9.17) is 0 Å². The standard InChI is InChI=1S/C3H10NPSi/c1-6(2,3)4-5/h5H,1-3H3/p+1. The van der Waals surface area contributed by atoms with Gasteiger partial charge in [-0.1, -0.05) is 0 Å². The van der Waals surface area contributed by atoms with Crippen molar-refractivity contribution in [2.24, 2.45) is 4.41 Å². The fourth-order valence-corrected chi connectivity index (χ4v) is 0. The minimum atomic E-state index is -1.04. The number of hydrogen-bond acceptors (Lipinski definition) is 1. The molecule has 0 N–H and O–H groups in total. The molecule has 0 rings (SSSR count). The fraction of sp³-hybridized carbons (Fsp3) is 1.00. The summed E-state index contributed by atoms with van der Waals surface area (Å²) in [6.45, 7) is 6.58. The molecule has 1 nitrogen and oxygen atoms in total.